The van der Waals surface area contributed by atoms with E-state index in [0.717, 1.165) is 28.6 Å². The number of hydrogen-bond donors (Lipinski definition) is 0. The van der Waals surface area contributed by atoms with Crippen LogP contribution in [0.25, 0.3) is 10.9 Å². The molecular weight excluding hydrogens is 412 g/mol. The highest BCUT2D eigenvalue weighted by Crippen LogP contribution is 2.34. The quantitative estimate of drug-likeness (QED) is 0.584. The van der Waals surface area contributed by atoms with Crippen molar-refractivity contribution >= 4 is 22.7 Å². The molecule has 2 amide bonds. The zero-order chi connectivity index (χ0) is 23.5. The number of carbonyl (C=O) groups excluding carboxylic acids is 2. The minimum absolute atomic E-state index is 0.00180. The van der Waals surface area contributed by atoms with Crippen molar-refractivity contribution in [2.45, 2.75) is 25.9 Å². The van der Waals surface area contributed by atoms with Crippen molar-refractivity contribution in [1.29, 1.82) is 0 Å². The van der Waals surface area contributed by atoms with Gasteiger partial charge in [0.2, 0.25) is 11.8 Å². The van der Waals surface area contributed by atoms with Crippen molar-refractivity contribution in [3.8, 4) is 0 Å². The molecule has 2 atom stereocenters. The fraction of sp³-hybridized carbons (Fsp3) is 0.370. The van der Waals surface area contributed by atoms with E-state index < -0.39 is 0 Å². The normalized spacial score (nSPS) is 18.2. The third-order valence-electron chi connectivity index (χ3n) is 6.45. The summed E-state index contributed by atoms with van der Waals surface area (Å²) in [5.41, 5.74) is 4.36. The molecule has 1 aromatic heterocycles. The average molecular weight is 445 g/mol. The Bertz CT molecular complexity index is 1140. The van der Waals surface area contributed by atoms with Crippen LogP contribution in [0.1, 0.15) is 29.5 Å². The summed E-state index contributed by atoms with van der Waals surface area (Å²) in [6, 6.07) is 18.5. The van der Waals surface area contributed by atoms with Crippen LogP contribution in [0, 0.1) is 5.92 Å². The fourth-order valence-electron chi connectivity index (χ4n) is 4.74. The first-order valence-corrected chi connectivity index (χ1v) is 11.4. The smallest absolute Gasteiger partial charge is 0.228 e. The Morgan fingerprint density at radius 3 is 2.39 bits per heavy atom. The lowest BCUT2D eigenvalue weighted by Gasteiger charge is -2.25. The SMILES string of the molecule is CC(=O)N1C[C@H](C(=O)N(C)Cc2ccc3ncccc3c2)[C@@H](c2ccc(CN(C)C)cc2)C1. The standard InChI is InChI=1S/C27H32N4O2/c1-19(32)31-17-24(22-10-7-20(8-11-22)15-29(2)3)25(18-31)27(33)30(4)16-21-9-12-26-23(14-21)6-5-13-28-26/h5-14,24-25H,15-18H2,1-4H3/t24-,25+/m1/s1. The molecule has 3 aromatic rings. The molecular formula is C27H32N4O2. The predicted octanol–water partition coefficient (Wildman–Crippen LogP) is 3.52. The van der Waals surface area contributed by atoms with E-state index in [1.54, 1.807) is 22.9 Å². The van der Waals surface area contributed by atoms with Crippen molar-refractivity contribution in [1.82, 2.24) is 19.7 Å². The zero-order valence-corrected chi connectivity index (χ0v) is 19.9. The second-order valence-electron chi connectivity index (χ2n) is 9.34. The summed E-state index contributed by atoms with van der Waals surface area (Å²) in [4.78, 5) is 35.8. The van der Waals surface area contributed by atoms with E-state index in [1.165, 1.54) is 5.56 Å². The van der Waals surface area contributed by atoms with Gasteiger partial charge in [0.1, 0.15) is 0 Å². The number of benzene rings is 2. The number of hydrogen-bond acceptors (Lipinski definition) is 4. The molecule has 0 N–H and O–H groups in total. The first-order chi connectivity index (χ1) is 15.8. The first-order valence-electron chi connectivity index (χ1n) is 11.4. The molecule has 1 aliphatic rings. The van der Waals surface area contributed by atoms with Crippen molar-refractivity contribution < 1.29 is 9.59 Å². The number of fused-ring (bicyclic) bond motifs is 1. The Labute approximate surface area is 195 Å². The number of nitrogens with zero attached hydrogens (tertiary/aromatic N) is 4. The van der Waals surface area contributed by atoms with Crippen molar-refractivity contribution in [2.75, 3.05) is 34.2 Å². The highest BCUT2D eigenvalue weighted by atomic mass is 16.2. The number of likely N-dealkylation sites (tertiary alicyclic amines) is 1. The Morgan fingerprint density at radius 1 is 0.970 bits per heavy atom. The van der Waals surface area contributed by atoms with Gasteiger partial charge in [-0.2, -0.15) is 0 Å². The van der Waals surface area contributed by atoms with E-state index in [2.05, 4.69) is 40.2 Å². The second-order valence-corrected chi connectivity index (χ2v) is 9.34. The Morgan fingerprint density at radius 2 is 1.70 bits per heavy atom. The molecule has 0 unspecified atom stereocenters. The number of rotatable bonds is 6. The van der Waals surface area contributed by atoms with Crippen LogP contribution >= 0.6 is 0 Å². The average Bonchev–Trinajstić information content (AvgIpc) is 3.24. The Balaban J connectivity index is 1.53. The molecule has 4 rings (SSSR count). The topological polar surface area (TPSA) is 56.8 Å². The predicted molar refractivity (Wildman–Crippen MR) is 131 cm³/mol. The van der Waals surface area contributed by atoms with E-state index in [1.807, 2.05) is 45.4 Å². The molecule has 0 radical (unpaired) electrons. The lowest BCUT2D eigenvalue weighted by atomic mass is 9.87. The van der Waals surface area contributed by atoms with Gasteiger partial charge in [-0.25, -0.2) is 0 Å². The molecule has 0 bridgehead atoms. The summed E-state index contributed by atoms with van der Waals surface area (Å²) >= 11 is 0. The molecule has 1 aliphatic heterocycles. The molecule has 172 valence electrons. The van der Waals surface area contributed by atoms with Crippen LogP contribution in [-0.4, -0.2) is 65.7 Å². The van der Waals surface area contributed by atoms with Crippen molar-refractivity contribution in [3.63, 3.8) is 0 Å². The third-order valence-corrected chi connectivity index (χ3v) is 6.45. The number of carbonyl (C=O) groups is 2. The van der Waals surface area contributed by atoms with Gasteiger partial charge in [0.25, 0.3) is 0 Å². The van der Waals surface area contributed by atoms with Gasteiger partial charge in [0.15, 0.2) is 0 Å². The highest BCUT2D eigenvalue weighted by Gasteiger charge is 2.40. The van der Waals surface area contributed by atoms with Crippen LogP contribution in [0.3, 0.4) is 0 Å². The molecule has 2 aromatic carbocycles. The molecule has 6 heteroatoms. The van der Waals surface area contributed by atoms with E-state index >= 15 is 0 Å². The van der Waals surface area contributed by atoms with Crippen molar-refractivity contribution in [3.05, 3.63) is 77.5 Å². The summed E-state index contributed by atoms with van der Waals surface area (Å²) in [5, 5.41) is 1.06. The molecule has 1 fully saturated rings. The van der Waals surface area contributed by atoms with Gasteiger partial charge in [-0.3, -0.25) is 14.6 Å². The van der Waals surface area contributed by atoms with E-state index in [-0.39, 0.29) is 23.7 Å². The summed E-state index contributed by atoms with van der Waals surface area (Å²) < 4.78 is 0. The highest BCUT2D eigenvalue weighted by molar-refractivity contribution is 5.83. The molecule has 0 saturated carbocycles. The number of pyridine rings is 1. The van der Waals surface area contributed by atoms with Crippen LogP contribution in [0.2, 0.25) is 0 Å². The van der Waals surface area contributed by atoms with Crippen LogP contribution in [0.15, 0.2) is 60.8 Å². The van der Waals surface area contributed by atoms with Gasteiger partial charge in [-0.15, -0.1) is 0 Å². The zero-order valence-electron chi connectivity index (χ0n) is 19.9. The first kappa shape index (κ1) is 22.9. The summed E-state index contributed by atoms with van der Waals surface area (Å²) in [6.07, 6.45) is 1.78. The Hall–Kier alpha value is -3.25. The van der Waals surface area contributed by atoms with Gasteiger partial charge in [0, 0.05) is 57.7 Å². The monoisotopic (exact) mass is 444 g/mol. The summed E-state index contributed by atoms with van der Waals surface area (Å²) in [5.74, 6) is -0.157. The molecule has 0 aliphatic carbocycles. The second kappa shape index (κ2) is 9.71. The lowest BCUT2D eigenvalue weighted by Crippen LogP contribution is -2.36. The molecule has 6 nitrogen and oxygen atoms in total. The van der Waals surface area contributed by atoms with Gasteiger partial charge < -0.3 is 14.7 Å². The fourth-order valence-corrected chi connectivity index (χ4v) is 4.74. The maximum absolute atomic E-state index is 13.5. The third kappa shape index (κ3) is 5.22. The largest absolute Gasteiger partial charge is 0.341 e. The van der Waals surface area contributed by atoms with Crippen LogP contribution in [-0.2, 0) is 22.7 Å². The van der Waals surface area contributed by atoms with Crippen molar-refractivity contribution in [2.24, 2.45) is 5.92 Å². The van der Waals surface area contributed by atoms with Crippen LogP contribution < -0.4 is 0 Å². The van der Waals surface area contributed by atoms with E-state index in [4.69, 9.17) is 0 Å². The molecule has 2 heterocycles. The van der Waals surface area contributed by atoms with Gasteiger partial charge in [-0.05, 0) is 49.0 Å². The maximum Gasteiger partial charge on any atom is 0.228 e. The van der Waals surface area contributed by atoms with E-state index in [9.17, 15) is 9.59 Å². The minimum atomic E-state index is -0.249. The molecule has 33 heavy (non-hydrogen) atoms. The summed E-state index contributed by atoms with van der Waals surface area (Å²) in [6.45, 7) is 4.01. The van der Waals surface area contributed by atoms with Gasteiger partial charge in [0.05, 0.1) is 11.4 Å². The maximum atomic E-state index is 13.5. The van der Waals surface area contributed by atoms with E-state index in [0.29, 0.717) is 19.6 Å². The number of amides is 2. The van der Waals surface area contributed by atoms with Gasteiger partial charge in [-0.1, -0.05) is 36.4 Å². The molecule has 0 spiro atoms. The Kier molecular flexibility index (Phi) is 6.75. The number of aromatic nitrogens is 1. The lowest BCUT2D eigenvalue weighted by molar-refractivity contribution is -0.135. The minimum Gasteiger partial charge on any atom is -0.341 e. The van der Waals surface area contributed by atoms with Gasteiger partial charge >= 0.3 is 0 Å². The van der Waals surface area contributed by atoms with Crippen LogP contribution in [0.5, 0.6) is 0 Å². The van der Waals surface area contributed by atoms with Crippen LogP contribution in [0.4, 0.5) is 0 Å². The molecule has 1 saturated heterocycles. The summed E-state index contributed by atoms with van der Waals surface area (Å²) in [7, 11) is 5.95.